The molecule has 0 aliphatic carbocycles. The van der Waals surface area contributed by atoms with E-state index in [9.17, 15) is 4.39 Å². The Balaban J connectivity index is 2.59. The number of hydrogen-bond donors (Lipinski definition) is 1. The number of aromatic nitrogens is 2. The van der Waals surface area contributed by atoms with Crippen molar-refractivity contribution < 1.29 is 4.39 Å². The molecular formula is C12H10FN3. The minimum atomic E-state index is -0.237. The van der Waals surface area contributed by atoms with Crippen molar-refractivity contribution in [3.8, 4) is 0 Å². The molecule has 0 aliphatic heterocycles. The monoisotopic (exact) mass is 215 g/mol. The Morgan fingerprint density at radius 2 is 2.00 bits per heavy atom. The van der Waals surface area contributed by atoms with E-state index < -0.39 is 0 Å². The number of benzene rings is 1. The van der Waals surface area contributed by atoms with E-state index in [1.54, 1.807) is 12.3 Å². The lowest BCUT2D eigenvalue weighted by molar-refractivity contribution is 0.629. The summed E-state index contributed by atoms with van der Waals surface area (Å²) in [4.78, 5) is 4.05. The minimum Gasteiger partial charge on any atom is -0.384 e. The zero-order valence-electron chi connectivity index (χ0n) is 8.74. The number of fused-ring (bicyclic) bond motifs is 3. The predicted octanol–water partition coefficient (Wildman–Crippen LogP) is 2.45. The molecule has 2 N–H and O–H groups in total. The van der Waals surface area contributed by atoms with E-state index >= 15 is 0 Å². The van der Waals surface area contributed by atoms with Crippen LogP contribution in [0.5, 0.6) is 0 Å². The number of aryl methyl sites for hydroxylation is 1. The van der Waals surface area contributed by atoms with Crippen LogP contribution in [0, 0.1) is 5.82 Å². The van der Waals surface area contributed by atoms with Crippen molar-refractivity contribution in [1.82, 2.24) is 9.55 Å². The molecule has 3 rings (SSSR count). The third kappa shape index (κ3) is 1.10. The smallest absolute Gasteiger partial charge is 0.125 e. The molecule has 0 unspecified atom stereocenters. The predicted molar refractivity (Wildman–Crippen MR) is 62.6 cm³/mol. The molecule has 1 aromatic carbocycles. The average molecular weight is 215 g/mol. The second kappa shape index (κ2) is 2.95. The zero-order chi connectivity index (χ0) is 11.3. The lowest BCUT2D eigenvalue weighted by atomic mass is 10.2. The van der Waals surface area contributed by atoms with Gasteiger partial charge in [0, 0.05) is 17.8 Å². The first-order valence-electron chi connectivity index (χ1n) is 4.96. The molecule has 0 saturated heterocycles. The van der Waals surface area contributed by atoms with Gasteiger partial charge in [0.15, 0.2) is 0 Å². The third-order valence-corrected chi connectivity index (χ3v) is 2.88. The molecule has 0 aliphatic rings. The fourth-order valence-corrected chi connectivity index (χ4v) is 2.09. The normalized spacial score (nSPS) is 11.4. The number of hydrogen-bond acceptors (Lipinski definition) is 2. The highest BCUT2D eigenvalue weighted by molar-refractivity contribution is 6.08. The van der Waals surface area contributed by atoms with Crippen LogP contribution >= 0.6 is 0 Å². The second-order valence-corrected chi connectivity index (χ2v) is 3.85. The van der Waals surface area contributed by atoms with E-state index in [4.69, 9.17) is 5.73 Å². The first kappa shape index (κ1) is 9.15. The number of rotatable bonds is 0. The molecule has 3 aromatic rings. The number of anilines is 1. The Labute approximate surface area is 91.3 Å². The largest absolute Gasteiger partial charge is 0.384 e. The van der Waals surface area contributed by atoms with Crippen molar-refractivity contribution >= 4 is 27.6 Å². The summed E-state index contributed by atoms with van der Waals surface area (Å²) >= 11 is 0. The first-order chi connectivity index (χ1) is 7.66. The highest BCUT2D eigenvalue weighted by Gasteiger charge is 2.09. The number of nitrogens with two attached hydrogens (primary N) is 1. The molecule has 2 aromatic heterocycles. The van der Waals surface area contributed by atoms with Crippen LogP contribution in [0.15, 0.2) is 30.5 Å². The van der Waals surface area contributed by atoms with Crippen molar-refractivity contribution in [2.75, 3.05) is 5.73 Å². The van der Waals surface area contributed by atoms with Crippen molar-refractivity contribution in [2.24, 2.45) is 7.05 Å². The maximum Gasteiger partial charge on any atom is 0.125 e. The zero-order valence-corrected chi connectivity index (χ0v) is 8.74. The molecule has 2 heterocycles. The summed E-state index contributed by atoms with van der Waals surface area (Å²) in [6.45, 7) is 0. The topological polar surface area (TPSA) is 43.8 Å². The van der Waals surface area contributed by atoms with E-state index in [1.807, 2.05) is 17.7 Å². The van der Waals surface area contributed by atoms with Crippen LogP contribution in [0.1, 0.15) is 0 Å². The molecule has 0 amide bonds. The molecule has 16 heavy (non-hydrogen) atoms. The Morgan fingerprint density at radius 1 is 1.19 bits per heavy atom. The van der Waals surface area contributed by atoms with Crippen molar-refractivity contribution in [3.05, 3.63) is 36.3 Å². The maximum atomic E-state index is 13.2. The lowest BCUT2D eigenvalue weighted by Gasteiger charge is -1.97. The minimum absolute atomic E-state index is 0.237. The molecule has 0 atom stereocenters. The van der Waals surface area contributed by atoms with Gasteiger partial charge in [-0.1, -0.05) is 0 Å². The van der Waals surface area contributed by atoms with Gasteiger partial charge in [0.2, 0.25) is 0 Å². The van der Waals surface area contributed by atoms with Crippen LogP contribution in [-0.2, 0) is 7.05 Å². The Bertz CT molecular complexity index is 700. The molecule has 0 spiro atoms. The van der Waals surface area contributed by atoms with Gasteiger partial charge in [-0.05, 0) is 24.3 Å². The summed E-state index contributed by atoms with van der Waals surface area (Å²) in [5.74, 6) is 0.240. The van der Waals surface area contributed by atoms with Crippen LogP contribution in [0.4, 0.5) is 10.2 Å². The average Bonchev–Trinajstić information content (AvgIpc) is 2.52. The summed E-state index contributed by atoms with van der Waals surface area (Å²) in [6.07, 6.45) is 1.71. The molecule has 0 fully saturated rings. The molecule has 80 valence electrons. The van der Waals surface area contributed by atoms with Crippen molar-refractivity contribution in [2.45, 2.75) is 0 Å². The first-order valence-corrected chi connectivity index (χ1v) is 4.96. The van der Waals surface area contributed by atoms with Crippen LogP contribution in [0.25, 0.3) is 21.8 Å². The van der Waals surface area contributed by atoms with Gasteiger partial charge >= 0.3 is 0 Å². The third-order valence-electron chi connectivity index (χ3n) is 2.88. The molecule has 0 radical (unpaired) electrons. The summed E-state index contributed by atoms with van der Waals surface area (Å²) in [6, 6.07) is 6.56. The van der Waals surface area contributed by atoms with E-state index in [0.717, 1.165) is 21.8 Å². The van der Waals surface area contributed by atoms with Crippen LogP contribution < -0.4 is 5.73 Å². The fourth-order valence-electron chi connectivity index (χ4n) is 2.09. The number of nitrogen functional groups attached to an aromatic ring is 1. The number of halogens is 1. The molecule has 3 nitrogen and oxygen atoms in total. The van der Waals surface area contributed by atoms with Crippen LogP contribution in [-0.4, -0.2) is 9.55 Å². The van der Waals surface area contributed by atoms with Gasteiger partial charge in [-0.15, -0.1) is 0 Å². The van der Waals surface area contributed by atoms with Gasteiger partial charge in [-0.25, -0.2) is 9.37 Å². The van der Waals surface area contributed by atoms with Gasteiger partial charge in [0.05, 0.1) is 17.2 Å². The van der Waals surface area contributed by atoms with Crippen LogP contribution in [0.3, 0.4) is 0 Å². The summed E-state index contributed by atoms with van der Waals surface area (Å²) < 4.78 is 15.1. The summed E-state index contributed by atoms with van der Waals surface area (Å²) in [5.41, 5.74) is 7.46. The van der Waals surface area contributed by atoms with Crippen molar-refractivity contribution in [1.29, 1.82) is 0 Å². The fraction of sp³-hybridized carbons (Fsp3) is 0.0833. The van der Waals surface area contributed by atoms with Gasteiger partial charge in [-0.2, -0.15) is 0 Å². The maximum absolute atomic E-state index is 13.2. The van der Waals surface area contributed by atoms with Gasteiger partial charge in [0.1, 0.15) is 11.6 Å². The van der Waals surface area contributed by atoms with E-state index in [2.05, 4.69) is 4.98 Å². The van der Waals surface area contributed by atoms with Gasteiger partial charge < -0.3 is 10.3 Å². The van der Waals surface area contributed by atoms with Crippen molar-refractivity contribution in [3.63, 3.8) is 0 Å². The summed E-state index contributed by atoms with van der Waals surface area (Å²) in [5, 5.41) is 2.00. The Kier molecular flexibility index (Phi) is 1.68. The van der Waals surface area contributed by atoms with Crippen LogP contribution in [0.2, 0.25) is 0 Å². The number of pyridine rings is 1. The van der Waals surface area contributed by atoms with E-state index in [-0.39, 0.29) is 5.82 Å². The van der Waals surface area contributed by atoms with E-state index in [1.165, 1.54) is 12.1 Å². The molecule has 0 bridgehead atoms. The second-order valence-electron chi connectivity index (χ2n) is 3.85. The lowest BCUT2D eigenvalue weighted by Crippen LogP contribution is -1.90. The molecule has 4 heteroatoms. The highest BCUT2D eigenvalue weighted by atomic mass is 19.1. The Hall–Kier alpha value is -2.10. The standard InChI is InChI=1S/C12H10FN3/c1-16-10-4-7(13)2-3-8(10)9-5-12(14)15-6-11(9)16/h2-6H,1H3,(H2,14,15). The number of nitrogens with zero attached hydrogens (tertiary/aromatic N) is 2. The molecular weight excluding hydrogens is 205 g/mol. The molecule has 0 saturated carbocycles. The highest BCUT2D eigenvalue weighted by Crippen LogP contribution is 2.28. The summed E-state index contributed by atoms with van der Waals surface area (Å²) in [7, 11) is 1.89. The Morgan fingerprint density at radius 3 is 2.81 bits per heavy atom. The SMILES string of the molecule is Cn1c2cnc(N)cc2c2ccc(F)cc21. The quantitative estimate of drug-likeness (QED) is 0.626. The van der Waals surface area contributed by atoms with Gasteiger partial charge in [0.25, 0.3) is 0 Å². The van der Waals surface area contributed by atoms with E-state index in [0.29, 0.717) is 5.82 Å². The van der Waals surface area contributed by atoms with Gasteiger partial charge in [-0.3, -0.25) is 0 Å².